The Balaban J connectivity index is 1.30. The van der Waals surface area contributed by atoms with E-state index in [0.29, 0.717) is 18.7 Å². The highest BCUT2D eigenvalue weighted by atomic mass is 32.1. The van der Waals surface area contributed by atoms with Crippen LogP contribution < -0.4 is 4.90 Å². The molecule has 1 spiro atoms. The number of anilines is 1. The molecule has 1 amide bonds. The van der Waals surface area contributed by atoms with Crippen molar-refractivity contribution in [2.24, 2.45) is 5.41 Å². The van der Waals surface area contributed by atoms with Gasteiger partial charge in [0.15, 0.2) is 5.13 Å². The number of aliphatic hydroxyl groups is 1. The summed E-state index contributed by atoms with van der Waals surface area (Å²) in [7, 11) is 0. The van der Waals surface area contributed by atoms with E-state index in [0.717, 1.165) is 43.0 Å². The zero-order valence-electron chi connectivity index (χ0n) is 16.2. The second-order valence-corrected chi connectivity index (χ2v) is 9.25. The van der Waals surface area contributed by atoms with Crippen LogP contribution in [0, 0.1) is 5.41 Å². The largest absolute Gasteiger partial charge is 0.391 e. The van der Waals surface area contributed by atoms with Crippen LogP contribution >= 0.6 is 11.3 Å². The molecule has 1 N–H and O–H groups in total. The van der Waals surface area contributed by atoms with Crippen molar-refractivity contribution in [3.05, 3.63) is 54.4 Å². The molecule has 2 aromatic heterocycles. The van der Waals surface area contributed by atoms with Crippen molar-refractivity contribution in [3.63, 3.8) is 0 Å². The Hall–Kier alpha value is -2.51. The molecule has 3 aromatic rings. The number of para-hydroxylation sites is 1. The molecule has 6 nitrogen and oxygen atoms in total. The summed E-state index contributed by atoms with van der Waals surface area (Å²) in [5.41, 5.74) is 1.61. The average molecular weight is 409 g/mol. The molecule has 0 aliphatic carbocycles. The molecule has 29 heavy (non-hydrogen) atoms. The Kier molecular flexibility index (Phi) is 4.72. The van der Waals surface area contributed by atoms with E-state index in [2.05, 4.69) is 22.0 Å². The summed E-state index contributed by atoms with van der Waals surface area (Å²) in [6.07, 6.45) is 5.47. The van der Waals surface area contributed by atoms with E-state index in [1.807, 2.05) is 17.0 Å². The number of thiazole rings is 1. The number of piperidine rings is 2. The number of aliphatic hydroxyl groups excluding tert-OH is 1. The lowest BCUT2D eigenvalue weighted by atomic mass is 9.71. The first kappa shape index (κ1) is 18.5. The summed E-state index contributed by atoms with van der Waals surface area (Å²) in [5.74, 6) is -0.0372. The third-order valence-electron chi connectivity index (χ3n) is 6.20. The van der Waals surface area contributed by atoms with Crippen LogP contribution in [0.4, 0.5) is 5.13 Å². The fourth-order valence-corrected chi connectivity index (χ4v) is 5.73. The van der Waals surface area contributed by atoms with Gasteiger partial charge in [-0.3, -0.25) is 9.78 Å². The van der Waals surface area contributed by atoms with Crippen molar-refractivity contribution in [2.75, 3.05) is 31.1 Å². The number of pyridine rings is 1. The number of hydrogen-bond donors (Lipinski definition) is 1. The van der Waals surface area contributed by atoms with Crippen molar-refractivity contribution >= 4 is 32.6 Å². The fourth-order valence-electron chi connectivity index (χ4n) is 4.71. The van der Waals surface area contributed by atoms with E-state index in [1.165, 1.54) is 4.70 Å². The lowest BCUT2D eigenvalue weighted by Gasteiger charge is -2.49. The molecular weight excluding hydrogens is 384 g/mol. The van der Waals surface area contributed by atoms with Crippen molar-refractivity contribution in [3.8, 4) is 0 Å². The molecule has 1 unspecified atom stereocenters. The number of carbonyl (C=O) groups excluding carboxylic acids is 1. The number of aromatic nitrogens is 2. The van der Waals surface area contributed by atoms with Crippen molar-refractivity contribution in [2.45, 2.75) is 25.4 Å². The van der Waals surface area contributed by atoms with E-state index in [4.69, 9.17) is 4.98 Å². The second kappa shape index (κ2) is 7.39. The third-order valence-corrected chi connectivity index (χ3v) is 7.30. The molecule has 0 radical (unpaired) electrons. The van der Waals surface area contributed by atoms with E-state index >= 15 is 0 Å². The van der Waals surface area contributed by atoms with E-state index < -0.39 is 6.10 Å². The van der Waals surface area contributed by atoms with Crippen molar-refractivity contribution in [1.29, 1.82) is 0 Å². The number of rotatable bonds is 2. The molecule has 2 fully saturated rings. The quantitative estimate of drug-likeness (QED) is 0.705. The van der Waals surface area contributed by atoms with Gasteiger partial charge in [0.25, 0.3) is 5.91 Å². The summed E-state index contributed by atoms with van der Waals surface area (Å²) in [6, 6.07) is 11.8. The SMILES string of the molecule is O=C(c1cccnc1)N1CC(O)CC2(CCN(c3nc4ccccc4s3)CC2)C1. The highest BCUT2D eigenvalue weighted by molar-refractivity contribution is 7.22. The second-order valence-electron chi connectivity index (χ2n) is 8.24. The minimum absolute atomic E-state index is 0.0251. The molecule has 150 valence electrons. The summed E-state index contributed by atoms with van der Waals surface area (Å²) in [4.78, 5) is 25.9. The van der Waals surface area contributed by atoms with Gasteiger partial charge >= 0.3 is 0 Å². The summed E-state index contributed by atoms with van der Waals surface area (Å²) in [6.45, 7) is 2.91. The lowest BCUT2D eigenvalue weighted by molar-refractivity contribution is -0.0150. The van der Waals surface area contributed by atoms with E-state index in [9.17, 15) is 9.90 Å². The maximum atomic E-state index is 12.9. The highest BCUT2D eigenvalue weighted by Crippen LogP contribution is 2.42. The van der Waals surface area contributed by atoms with Gasteiger partial charge in [0, 0.05) is 38.6 Å². The van der Waals surface area contributed by atoms with Crippen LogP contribution in [0.5, 0.6) is 0 Å². The maximum Gasteiger partial charge on any atom is 0.255 e. The molecule has 7 heteroatoms. The van der Waals surface area contributed by atoms with Crippen LogP contribution in [0.1, 0.15) is 29.6 Å². The van der Waals surface area contributed by atoms with Gasteiger partial charge in [0.05, 0.1) is 21.9 Å². The average Bonchev–Trinajstić information content (AvgIpc) is 3.18. The molecule has 0 saturated carbocycles. The van der Waals surface area contributed by atoms with Crippen LogP contribution in [0.2, 0.25) is 0 Å². The predicted molar refractivity (Wildman–Crippen MR) is 114 cm³/mol. The normalized spacial score (nSPS) is 21.6. The fraction of sp³-hybridized carbons (Fsp3) is 0.409. The number of nitrogens with zero attached hydrogens (tertiary/aromatic N) is 4. The Bertz CT molecular complexity index is 981. The van der Waals surface area contributed by atoms with Gasteiger partial charge in [-0.1, -0.05) is 23.5 Å². The number of amides is 1. The summed E-state index contributed by atoms with van der Waals surface area (Å²) < 4.78 is 1.21. The van der Waals surface area contributed by atoms with E-state index in [-0.39, 0.29) is 11.3 Å². The van der Waals surface area contributed by atoms with Crippen LogP contribution in [-0.2, 0) is 0 Å². The minimum atomic E-state index is -0.474. The van der Waals surface area contributed by atoms with E-state index in [1.54, 1.807) is 35.9 Å². The van der Waals surface area contributed by atoms with Crippen molar-refractivity contribution in [1.82, 2.24) is 14.9 Å². The molecular formula is C22H24N4O2S. The summed E-state index contributed by atoms with van der Waals surface area (Å²) in [5, 5.41) is 11.6. The Labute approximate surface area is 173 Å². The lowest BCUT2D eigenvalue weighted by Crippen LogP contribution is -2.55. The molecule has 5 rings (SSSR count). The Morgan fingerprint density at radius 2 is 2.00 bits per heavy atom. The number of carbonyl (C=O) groups is 1. The van der Waals surface area contributed by atoms with Crippen LogP contribution in [0.3, 0.4) is 0 Å². The zero-order valence-corrected chi connectivity index (χ0v) is 17.0. The molecule has 2 saturated heterocycles. The third kappa shape index (κ3) is 3.60. The molecule has 4 heterocycles. The maximum absolute atomic E-state index is 12.9. The number of benzene rings is 1. The topological polar surface area (TPSA) is 69.6 Å². The van der Waals surface area contributed by atoms with Gasteiger partial charge in [-0.15, -0.1) is 0 Å². The highest BCUT2D eigenvalue weighted by Gasteiger charge is 2.43. The minimum Gasteiger partial charge on any atom is -0.391 e. The van der Waals surface area contributed by atoms with Crippen LogP contribution in [0.15, 0.2) is 48.8 Å². The standard InChI is InChI=1S/C22H24N4O2S/c27-17-12-22(15-26(14-17)20(28)16-4-3-9-23-13-16)7-10-25(11-8-22)21-24-18-5-1-2-6-19(18)29-21/h1-6,9,13,17,27H,7-8,10-12,14-15H2. The number of β-amino-alcohol motifs (C(OH)–C–C–N with tert-alkyl or cyclic N) is 1. The first-order valence-corrected chi connectivity index (χ1v) is 10.9. The Morgan fingerprint density at radius 3 is 2.76 bits per heavy atom. The first-order chi connectivity index (χ1) is 14.1. The van der Waals surface area contributed by atoms with Gasteiger partial charge < -0.3 is 14.9 Å². The van der Waals surface area contributed by atoms with Gasteiger partial charge in [0.1, 0.15) is 0 Å². The van der Waals surface area contributed by atoms with Crippen molar-refractivity contribution < 1.29 is 9.90 Å². The number of fused-ring (bicyclic) bond motifs is 1. The zero-order chi connectivity index (χ0) is 19.8. The molecule has 0 bridgehead atoms. The molecule has 1 aromatic carbocycles. The van der Waals surface area contributed by atoms with Crippen LogP contribution in [0.25, 0.3) is 10.2 Å². The van der Waals surface area contributed by atoms with Gasteiger partial charge in [-0.25, -0.2) is 4.98 Å². The first-order valence-electron chi connectivity index (χ1n) is 10.1. The number of likely N-dealkylation sites (tertiary alicyclic amines) is 1. The summed E-state index contributed by atoms with van der Waals surface area (Å²) >= 11 is 1.74. The predicted octanol–water partition coefficient (Wildman–Crippen LogP) is 3.18. The monoisotopic (exact) mass is 408 g/mol. The smallest absolute Gasteiger partial charge is 0.255 e. The molecule has 2 aliphatic rings. The molecule has 1 atom stereocenters. The van der Waals surface area contributed by atoms with Gasteiger partial charge in [0.2, 0.25) is 0 Å². The van der Waals surface area contributed by atoms with Gasteiger partial charge in [-0.2, -0.15) is 0 Å². The van der Waals surface area contributed by atoms with Crippen LogP contribution in [-0.4, -0.2) is 58.2 Å². The Morgan fingerprint density at radius 1 is 1.17 bits per heavy atom. The number of hydrogen-bond acceptors (Lipinski definition) is 6. The molecule has 2 aliphatic heterocycles. The van der Waals surface area contributed by atoms with Gasteiger partial charge in [-0.05, 0) is 48.9 Å².